The molecule has 7 atom stereocenters. The quantitative estimate of drug-likeness (QED) is 0.0224. The maximum absolute atomic E-state index is 10.8. The zero-order chi connectivity index (χ0) is 43.3. The maximum Gasteiger partial charge on any atom is 0.186 e. The molecule has 10 heteroatoms. The molecular weight excluding hydrogens is 779 g/mol. The largest absolute Gasteiger partial charge is 0.394 e. The molecule has 1 aliphatic heterocycles. The SMILES string of the molecule is CCCCCCCCCCCCCCC[C@@H](OCc1ccccc1)[C@H](CO[C@H]1O[C@H](CO)[C@H](OCc2ccccc2)[C@H](OCc2ccccc2)[C@H]1OCc1ccccc1)N=[N+]=[N-]. The van der Waals surface area contributed by atoms with Gasteiger partial charge in [0.15, 0.2) is 6.29 Å². The van der Waals surface area contributed by atoms with Gasteiger partial charge in [-0.15, -0.1) is 0 Å². The predicted octanol–water partition coefficient (Wildman–Crippen LogP) is 12.2. The van der Waals surface area contributed by atoms with E-state index in [1.807, 2.05) is 121 Å². The summed E-state index contributed by atoms with van der Waals surface area (Å²) >= 11 is 0. The number of azide groups is 1. The molecule has 0 amide bonds. The average molecular weight is 850 g/mol. The molecule has 0 spiro atoms. The van der Waals surface area contributed by atoms with Crippen molar-refractivity contribution in [2.75, 3.05) is 13.2 Å². The molecule has 0 radical (unpaired) electrons. The van der Waals surface area contributed by atoms with Gasteiger partial charge in [-0.3, -0.25) is 0 Å². The van der Waals surface area contributed by atoms with E-state index in [-0.39, 0.29) is 33.0 Å². The minimum absolute atomic E-state index is 0.0108. The third kappa shape index (κ3) is 17.9. The first-order chi connectivity index (χ1) is 30.7. The zero-order valence-electron chi connectivity index (χ0n) is 37.0. The Balaban J connectivity index is 1.28. The summed E-state index contributed by atoms with van der Waals surface area (Å²) in [4.78, 5) is 3.27. The van der Waals surface area contributed by atoms with Gasteiger partial charge in [0.05, 0.1) is 51.8 Å². The molecule has 0 bridgehead atoms. The molecule has 336 valence electrons. The van der Waals surface area contributed by atoms with E-state index >= 15 is 0 Å². The second-order valence-electron chi connectivity index (χ2n) is 16.5. The molecule has 0 saturated carbocycles. The molecule has 5 rings (SSSR count). The van der Waals surface area contributed by atoms with Crippen molar-refractivity contribution in [1.29, 1.82) is 0 Å². The Labute approximate surface area is 370 Å². The van der Waals surface area contributed by atoms with Gasteiger partial charge >= 0.3 is 0 Å². The number of aliphatic hydroxyl groups is 1. The van der Waals surface area contributed by atoms with Crippen LogP contribution in [0.4, 0.5) is 0 Å². The summed E-state index contributed by atoms with van der Waals surface area (Å²) in [5.74, 6) is 0. The molecular formula is C52H71N3O7. The molecule has 1 aliphatic rings. The number of aliphatic hydroxyl groups excluding tert-OH is 1. The fraction of sp³-hybridized carbons (Fsp3) is 0.538. The van der Waals surface area contributed by atoms with Crippen molar-refractivity contribution in [2.24, 2.45) is 5.11 Å². The highest BCUT2D eigenvalue weighted by Gasteiger charge is 2.49. The first-order valence-electron chi connectivity index (χ1n) is 23.2. The lowest BCUT2D eigenvalue weighted by molar-refractivity contribution is -0.327. The van der Waals surface area contributed by atoms with Crippen LogP contribution in [0.5, 0.6) is 0 Å². The molecule has 1 heterocycles. The van der Waals surface area contributed by atoms with Crippen LogP contribution in [0.2, 0.25) is 0 Å². The lowest BCUT2D eigenvalue weighted by Crippen LogP contribution is -2.62. The van der Waals surface area contributed by atoms with Crippen molar-refractivity contribution < 1.29 is 33.5 Å². The molecule has 0 unspecified atom stereocenters. The summed E-state index contributed by atoms with van der Waals surface area (Å²) in [6.45, 7) is 3.15. The van der Waals surface area contributed by atoms with Crippen LogP contribution < -0.4 is 0 Å². The summed E-state index contributed by atoms with van der Waals surface area (Å²) < 4.78 is 39.7. The molecule has 1 fully saturated rings. The monoisotopic (exact) mass is 850 g/mol. The van der Waals surface area contributed by atoms with Crippen LogP contribution in [0.3, 0.4) is 0 Å². The predicted molar refractivity (Wildman–Crippen MR) is 245 cm³/mol. The van der Waals surface area contributed by atoms with Crippen LogP contribution in [-0.2, 0) is 54.8 Å². The van der Waals surface area contributed by atoms with Gasteiger partial charge in [0, 0.05) is 4.91 Å². The van der Waals surface area contributed by atoms with E-state index < -0.39 is 42.9 Å². The molecule has 1 N–H and O–H groups in total. The summed E-state index contributed by atoms with van der Waals surface area (Å²) in [7, 11) is 0. The van der Waals surface area contributed by atoms with E-state index in [4.69, 9.17) is 28.4 Å². The van der Waals surface area contributed by atoms with Gasteiger partial charge in [0.2, 0.25) is 0 Å². The Hall–Kier alpha value is -4.09. The lowest BCUT2D eigenvalue weighted by Gasteiger charge is -2.45. The standard InChI is InChI=1S/C52H71N3O7/c1-2-3-4-5-6-7-8-9-10-11-12-13-26-35-47(57-37-42-27-18-14-19-28-42)46(54-55-53)41-61-52-51(60-40-45-33-24-17-25-34-45)50(59-39-44-31-22-16-23-32-44)49(48(36-56)62-52)58-38-43-29-20-15-21-30-43/h14-25,27-34,46-52,56H,2-13,26,35-41H2,1H3/t46-,47+,48+,49-,50-,51+,52-/m0/s1. The summed E-state index contributed by atoms with van der Waals surface area (Å²) in [5.41, 5.74) is 13.8. The molecule has 4 aromatic rings. The van der Waals surface area contributed by atoms with Crippen molar-refractivity contribution in [3.8, 4) is 0 Å². The first-order valence-corrected chi connectivity index (χ1v) is 23.2. The minimum atomic E-state index is -0.990. The van der Waals surface area contributed by atoms with E-state index in [9.17, 15) is 10.6 Å². The third-order valence-electron chi connectivity index (χ3n) is 11.6. The molecule has 1 saturated heterocycles. The Kier molecular flexibility index (Phi) is 23.7. The molecule has 4 aromatic carbocycles. The van der Waals surface area contributed by atoms with Crippen LogP contribution in [-0.4, -0.2) is 61.2 Å². The molecule has 0 aromatic heterocycles. The second kappa shape index (κ2) is 30.1. The van der Waals surface area contributed by atoms with Gasteiger partial charge in [-0.1, -0.05) is 217 Å². The number of benzene rings is 4. The number of hydrogen-bond donors (Lipinski definition) is 1. The maximum atomic E-state index is 10.8. The Morgan fingerprint density at radius 2 is 0.968 bits per heavy atom. The Morgan fingerprint density at radius 1 is 0.548 bits per heavy atom. The van der Waals surface area contributed by atoms with Gasteiger partial charge in [-0.2, -0.15) is 0 Å². The highest BCUT2D eigenvalue weighted by molar-refractivity contribution is 5.16. The van der Waals surface area contributed by atoms with Crippen LogP contribution >= 0.6 is 0 Å². The fourth-order valence-corrected chi connectivity index (χ4v) is 8.03. The van der Waals surface area contributed by atoms with Gasteiger partial charge in [0.25, 0.3) is 0 Å². The van der Waals surface area contributed by atoms with E-state index in [1.54, 1.807) is 0 Å². The van der Waals surface area contributed by atoms with Crippen LogP contribution in [0.25, 0.3) is 10.4 Å². The average Bonchev–Trinajstić information content (AvgIpc) is 3.32. The van der Waals surface area contributed by atoms with Gasteiger partial charge in [-0.25, -0.2) is 0 Å². The Morgan fingerprint density at radius 3 is 1.42 bits per heavy atom. The lowest BCUT2D eigenvalue weighted by atomic mass is 9.97. The summed E-state index contributed by atoms with van der Waals surface area (Å²) in [6, 6.07) is 39.1. The van der Waals surface area contributed by atoms with Gasteiger partial charge < -0.3 is 33.5 Å². The number of nitrogens with zero attached hydrogens (tertiary/aromatic N) is 3. The van der Waals surface area contributed by atoms with E-state index in [0.717, 1.165) is 35.1 Å². The van der Waals surface area contributed by atoms with Gasteiger partial charge in [-0.05, 0) is 34.2 Å². The summed E-state index contributed by atoms with van der Waals surface area (Å²) in [5, 5.41) is 15.1. The first kappa shape index (κ1) is 48.9. The van der Waals surface area contributed by atoms with Crippen LogP contribution in [0.15, 0.2) is 126 Å². The van der Waals surface area contributed by atoms with E-state index in [2.05, 4.69) is 16.9 Å². The Bertz CT molecular complexity index is 1750. The zero-order valence-corrected chi connectivity index (χ0v) is 37.0. The topological polar surface area (TPSA) is 124 Å². The highest BCUT2D eigenvalue weighted by Crippen LogP contribution is 2.32. The van der Waals surface area contributed by atoms with Crippen molar-refractivity contribution >= 4 is 0 Å². The van der Waals surface area contributed by atoms with E-state index in [0.29, 0.717) is 13.0 Å². The highest BCUT2D eigenvalue weighted by atomic mass is 16.7. The normalized spacial score (nSPS) is 19.7. The molecule has 10 nitrogen and oxygen atoms in total. The number of rotatable bonds is 32. The van der Waals surface area contributed by atoms with Crippen molar-refractivity contribution in [1.82, 2.24) is 0 Å². The second-order valence-corrected chi connectivity index (χ2v) is 16.5. The summed E-state index contributed by atoms with van der Waals surface area (Å²) in [6.07, 6.45) is 12.8. The smallest absolute Gasteiger partial charge is 0.186 e. The van der Waals surface area contributed by atoms with Crippen molar-refractivity contribution in [2.45, 2.75) is 166 Å². The van der Waals surface area contributed by atoms with Crippen molar-refractivity contribution in [3.63, 3.8) is 0 Å². The van der Waals surface area contributed by atoms with E-state index in [1.165, 1.54) is 70.6 Å². The number of hydrogen-bond acceptors (Lipinski definition) is 8. The fourth-order valence-electron chi connectivity index (χ4n) is 8.03. The van der Waals surface area contributed by atoms with Crippen LogP contribution in [0, 0.1) is 0 Å². The van der Waals surface area contributed by atoms with Gasteiger partial charge in [0.1, 0.15) is 24.4 Å². The number of ether oxygens (including phenoxy) is 6. The minimum Gasteiger partial charge on any atom is -0.394 e. The van der Waals surface area contributed by atoms with Crippen LogP contribution in [0.1, 0.15) is 119 Å². The molecule has 0 aliphatic carbocycles. The molecule has 62 heavy (non-hydrogen) atoms. The number of unbranched alkanes of at least 4 members (excludes halogenated alkanes) is 12. The third-order valence-corrected chi connectivity index (χ3v) is 11.6. The van der Waals surface area contributed by atoms with Crippen molar-refractivity contribution in [3.05, 3.63) is 154 Å².